The summed E-state index contributed by atoms with van der Waals surface area (Å²) in [7, 11) is 3.31. The molecule has 1 aromatic heterocycles. The van der Waals surface area contributed by atoms with E-state index >= 15 is 0 Å². The van der Waals surface area contributed by atoms with Gasteiger partial charge < -0.3 is 19.4 Å². The van der Waals surface area contributed by atoms with E-state index in [1.807, 2.05) is 19.1 Å². The second-order valence-electron chi connectivity index (χ2n) is 7.55. The summed E-state index contributed by atoms with van der Waals surface area (Å²) in [4.78, 5) is 30.2. The lowest BCUT2D eigenvalue weighted by Crippen LogP contribution is -2.33. The summed E-state index contributed by atoms with van der Waals surface area (Å²) in [5, 5.41) is 3.30. The Bertz CT molecular complexity index is 1240. The van der Waals surface area contributed by atoms with Gasteiger partial charge in [-0.05, 0) is 30.7 Å². The Kier molecular flexibility index (Phi) is 6.69. The number of carbonyl (C=O) groups is 1. The van der Waals surface area contributed by atoms with Crippen molar-refractivity contribution >= 4 is 23.5 Å². The number of anilines is 1. The van der Waals surface area contributed by atoms with Crippen molar-refractivity contribution in [3.8, 4) is 11.5 Å². The molecule has 0 spiro atoms. The summed E-state index contributed by atoms with van der Waals surface area (Å²) in [6.07, 6.45) is 0.0965. The third-order valence-corrected chi connectivity index (χ3v) is 6.58. The topological polar surface area (TPSA) is 82.4 Å². The van der Waals surface area contributed by atoms with Crippen LogP contribution in [0.3, 0.4) is 0 Å². The van der Waals surface area contributed by atoms with Gasteiger partial charge in [-0.1, -0.05) is 36.0 Å². The third-order valence-electron chi connectivity index (χ3n) is 5.48. The molecule has 0 saturated carbocycles. The van der Waals surface area contributed by atoms with Crippen LogP contribution in [0.15, 0.2) is 52.4 Å². The highest BCUT2D eigenvalue weighted by Gasteiger charge is 2.34. The quantitative estimate of drug-likeness (QED) is 0.415. The second kappa shape index (κ2) is 9.66. The molecule has 1 amide bonds. The Balaban J connectivity index is 1.75. The summed E-state index contributed by atoms with van der Waals surface area (Å²) in [6.45, 7) is 2.28. The van der Waals surface area contributed by atoms with Gasteiger partial charge in [0.25, 0.3) is 5.56 Å². The molecule has 2 aromatic carbocycles. The van der Waals surface area contributed by atoms with Crippen molar-refractivity contribution in [1.29, 1.82) is 0 Å². The molecule has 9 heteroatoms. The Morgan fingerprint density at radius 3 is 2.67 bits per heavy atom. The molecule has 1 aliphatic rings. The number of carbonyl (C=O) groups excluding carboxylic acids is 1. The number of halogens is 1. The second-order valence-corrected chi connectivity index (χ2v) is 8.49. The van der Waals surface area contributed by atoms with Gasteiger partial charge >= 0.3 is 0 Å². The first kappa shape index (κ1) is 22.8. The fourth-order valence-corrected chi connectivity index (χ4v) is 4.85. The number of methoxy groups -OCH3 is 1. The van der Waals surface area contributed by atoms with E-state index in [0.29, 0.717) is 46.0 Å². The summed E-state index contributed by atoms with van der Waals surface area (Å²) < 4.78 is 26.2. The summed E-state index contributed by atoms with van der Waals surface area (Å²) in [5.74, 6) is 0.953. The average molecular weight is 470 g/mol. The van der Waals surface area contributed by atoms with Crippen LogP contribution in [-0.4, -0.2) is 29.2 Å². The molecule has 2 heterocycles. The van der Waals surface area contributed by atoms with Gasteiger partial charge in [-0.15, -0.1) is 0 Å². The number of rotatable bonds is 7. The number of benzene rings is 2. The van der Waals surface area contributed by atoms with Crippen molar-refractivity contribution in [2.45, 2.75) is 30.2 Å². The molecule has 172 valence electrons. The number of para-hydroxylation sites is 1. The molecule has 0 saturated heterocycles. The lowest BCUT2D eigenvalue weighted by molar-refractivity contribution is -0.116. The zero-order valence-electron chi connectivity index (χ0n) is 18.6. The molecule has 7 nitrogen and oxygen atoms in total. The lowest BCUT2D eigenvalue weighted by atomic mass is 9.86. The Morgan fingerprint density at radius 1 is 1.21 bits per heavy atom. The van der Waals surface area contributed by atoms with Gasteiger partial charge in [0, 0.05) is 30.7 Å². The van der Waals surface area contributed by atoms with Crippen LogP contribution in [0.5, 0.6) is 11.5 Å². The van der Waals surface area contributed by atoms with Gasteiger partial charge in [-0.25, -0.2) is 4.39 Å². The third kappa shape index (κ3) is 4.59. The fourth-order valence-electron chi connectivity index (χ4n) is 3.93. The van der Waals surface area contributed by atoms with Crippen LogP contribution in [0.25, 0.3) is 0 Å². The molecular weight excluding hydrogens is 445 g/mol. The highest BCUT2D eigenvalue weighted by atomic mass is 32.2. The fraction of sp³-hybridized carbons (Fsp3) is 0.292. The Labute approximate surface area is 194 Å². The van der Waals surface area contributed by atoms with E-state index in [1.54, 1.807) is 36.9 Å². The highest BCUT2D eigenvalue weighted by Crippen LogP contribution is 2.43. The van der Waals surface area contributed by atoms with Gasteiger partial charge in [0.2, 0.25) is 5.91 Å². The molecule has 1 N–H and O–H groups in total. The van der Waals surface area contributed by atoms with E-state index in [2.05, 4.69) is 10.3 Å². The summed E-state index contributed by atoms with van der Waals surface area (Å²) in [6, 6.07) is 11.6. The van der Waals surface area contributed by atoms with E-state index in [4.69, 9.17) is 9.47 Å². The minimum Gasteiger partial charge on any atom is -0.493 e. The molecule has 0 unspecified atom stereocenters. The number of thioether (sulfide) groups is 1. The predicted octanol–water partition coefficient (Wildman–Crippen LogP) is 4.09. The predicted molar refractivity (Wildman–Crippen MR) is 125 cm³/mol. The van der Waals surface area contributed by atoms with Crippen LogP contribution in [0.4, 0.5) is 10.2 Å². The van der Waals surface area contributed by atoms with Gasteiger partial charge in [0.1, 0.15) is 11.6 Å². The van der Waals surface area contributed by atoms with Crippen molar-refractivity contribution in [2.75, 3.05) is 19.0 Å². The largest absolute Gasteiger partial charge is 0.493 e. The standard InChI is InChI=1S/C24H24FN3O4S/c1-4-32-21-16(6-5-7-18(21)31-3)17-12-19(29)26-22-20(17)23(30)27-24(28(22)2)33-13-14-8-10-15(25)11-9-14/h5-11,17H,4,12-13H2,1-3H3,(H,26,29)/t17-/m1/s1. The van der Waals surface area contributed by atoms with Crippen molar-refractivity contribution in [3.63, 3.8) is 0 Å². The first-order valence-corrected chi connectivity index (χ1v) is 11.5. The Hall–Kier alpha value is -3.33. The summed E-state index contributed by atoms with van der Waals surface area (Å²) in [5.41, 5.74) is 1.61. The lowest BCUT2D eigenvalue weighted by Gasteiger charge is -2.29. The monoisotopic (exact) mass is 469 g/mol. The van der Waals surface area contributed by atoms with E-state index in [9.17, 15) is 14.0 Å². The number of hydrogen-bond acceptors (Lipinski definition) is 6. The average Bonchev–Trinajstić information content (AvgIpc) is 2.81. The minimum absolute atomic E-state index is 0.0965. The maximum Gasteiger partial charge on any atom is 0.279 e. The molecule has 33 heavy (non-hydrogen) atoms. The summed E-state index contributed by atoms with van der Waals surface area (Å²) >= 11 is 1.34. The molecule has 0 fully saturated rings. The molecule has 0 aliphatic carbocycles. The molecule has 0 radical (unpaired) electrons. The van der Waals surface area contributed by atoms with Crippen molar-refractivity contribution < 1.29 is 18.7 Å². The van der Waals surface area contributed by atoms with Crippen molar-refractivity contribution in [1.82, 2.24) is 9.55 Å². The smallest absolute Gasteiger partial charge is 0.279 e. The number of amides is 1. The van der Waals surface area contributed by atoms with E-state index in [-0.39, 0.29) is 18.1 Å². The van der Waals surface area contributed by atoms with Crippen LogP contribution in [-0.2, 0) is 17.6 Å². The van der Waals surface area contributed by atoms with Gasteiger partial charge in [-0.2, -0.15) is 4.98 Å². The van der Waals surface area contributed by atoms with Crippen LogP contribution in [0.1, 0.15) is 36.0 Å². The van der Waals surface area contributed by atoms with Crippen LogP contribution in [0, 0.1) is 5.82 Å². The van der Waals surface area contributed by atoms with E-state index in [1.165, 1.54) is 23.9 Å². The molecule has 3 aromatic rings. The zero-order chi connectivity index (χ0) is 23.5. The molecule has 1 atom stereocenters. The first-order chi connectivity index (χ1) is 15.9. The van der Waals surface area contributed by atoms with Crippen LogP contribution in [0.2, 0.25) is 0 Å². The number of hydrogen-bond donors (Lipinski definition) is 1. The zero-order valence-corrected chi connectivity index (χ0v) is 19.4. The number of fused-ring (bicyclic) bond motifs is 1. The number of nitrogens with one attached hydrogen (secondary N) is 1. The van der Waals surface area contributed by atoms with Crippen molar-refractivity contribution in [2.24, 2.45) is 7.05 Å². The van der Waals surface area contributed by atoms with E-state index in [0.717, 1.165) is 5.56 Å². The maximum atomic E-state index is 13.2. The minimum atomic E-state index is -0.521. The SMILES string of the molecule is CCOc1c(OC)cccc1[C@H]1CC(=O)Nc2c1c(=O)nc(SCc1ccc(F)cc1)n2C. The van der Waals surface area contributed by atoms with Crippen molar-refractivity contribution in [3.05, 3.63) is 75.3 Å². The van der Waals surface area contributed by atoms with Crippen LogP contribution >= 0.6 is 11.8 Å². The first-order valence-electron chi connectivity index (χ1n) is 10.5. The molecule has 4 rings (SSSR count). The van der Waals surface area contributed by atoms with Crippen LogP contribution < -0.4 is 20.3 Å². The normalized spacial score (nSPS) is 15.0. The number of aromatic nitrogens is 2. The highest BCUT2D eigenvalue weighted by molar-refractivity contribution is 7.98. The Morgan fingerprint density at radius 2 is 1.97 bits per heavy atom. The molecule has 0 bridgehead atoms. The van der Waals surface area contributed by atoms with Gasteiger partial charge in [0.05, 0.1) is 19.3 Å². The van der Waals surface area contributed by atoms with Gasteiger partial charge in [-0.3, -0.25) is 9.59 Å². The number of ether oxygens (including phenoxy) is 2. The number of nitrogens with zero attached hydrogens (tertiary/aromatic N) is 2. The molecule has 1 aliphatic heterocycles. The maximum absolute atomic E-state index is 13.2. The van der Waals surface area contributed by atoms with Gasteiger partial charge in [0.15, 0.2) is 16.7 Å². The van der Waals surface area contributed by atoms with E-state index < -0.39 is 11.5 Å². The molecular formula is C24H24FN3O4S.